The smallest absolute Gasteiger partial charge is 0.143 e. The SMILES string of the molecule is CCc1ccccc1-c1c(CC)ccc2oc3c4cc(-c5ccc(-c6c7ccccc7c(-c7ccc8sc9ccccc9c8c7)c7ccccc67)cc5)ccc4ccc3c12. The van der Waals surface area contributed by atoms with Crippen molar-refractivity contribution in [3.63, 3.8) is 0 Å². The van der Waals surface area contributed by atoms with Gasteiger partial charge in [-0.3, -0.25) is 0 Å². The Balaban J connectivity index is 0.993. The van der Waals surface area contributed by atoms with E-state index >= 15 is 0 Å². The average Bonchev–Trinajstić information content (AvgIpc) is 3.89. The monoisotopic (exact) mass is 784 g/mol. The van der Waals surface area contributed by atoms with E-state index in [-0.39, 0.29) is 0 Å². The van der Waals surface area contributed by atoms with Crippen LogP contribution in [0.5, 0.6) is 0 Å². The van der Waals surface area contributed by atoms with Gasteiger partial charge < -0.3 is 4.42 Å². The molecule has 0 atom stereocenters. The molecule has 1 nitrogen and oxygen atoms in total. The Labute approximate surface area is 352 Å². The van der Waals surface area contributed by atoms with Crippen LogP contribution in [0.1, 0.15) is 25.0 Å². The van der Waals surface area contributed by atoms with Gasteiger partial charge in [0, 0.05) is 36.3 Å². The first-order chi connectivity index (χ1) is 29.7. The van der Waals surface area contributed by atoms with Crippen molar-refractivity contribution in [2.24, 2.45) is 0 Å². The van der Waals surface area contributed by atoms with Crippen LogP contribution in [0.3, 0.4) is 0 Å². The summed E-state index contributed by atoms with van der Waals surface area (Å²) in [4.78, 5) is 0. The molecule has 0 aliphatic rings. The number of fused-ring (bicyclic) bond motifs is 10. The Bertz CT molecular complexity index is 3620. The van der Waals surface area contributed by atoms with E-state index in [0.717, 1.165) is 29.4 Å². The van der Waals surface area contributed by atoms with E-state index in [1.807, 2.05) is 11.3 Å². The Morgan fingerprint density at radius 1 is 0.383 bits per heavy atom. The van der Waals surface area contributed by atoms with E-state index in [9.17, 15) is 0 Å². The predicted molar refractivity (Wildman–Crippen MR) is 260 cm³/mol. The third-order valence-corrected chi connectivity index (χ3v) is 14.0. The minimum Gasteiger partial charge on any atom is -0.455 e. The Kier molecular flexibility index (Phi) is 8.05. The standard InChI is InChI=1S/C58H40OS/c1-3-35-13-5-6-14-42(35)56-36(4-2)28-31-51-57(56)48-30-27-38-23-26-40(33-49(38)58(48)59-51)37-21-24-39(25-22-37)54-44-16-7-9-18-46(44)55(47-19-10-8-17-45(47)54)41-29-32-53-50(34-41)43-15-11-12-20-52(43)60-53/h5-34H,3-4H2,1-2H3. The molecular weight excluding hydrogens is 745 g/mol. The maximum absolute atomic E-state index is 6.83. The molecule has 0 bridgehead atoms. The van der Waals surface area contributed by atoms with Crippen LogP contribution in [0.25, 0.3) is 119 Å². The van der Waals surface area contributed by atoms with E-state index in [1.165, 1.54) is 114 Å². The fourth-order valence-corrected chi connectivity index (χ4v) is 11.1. The quantitative estimate of drug-likeness (QED) is 0.153. The summed E-state index contributed by atoms with van der Waals surface area (Å²) in [6.07, 6.45) is 1.95. The zero-order valence-electron chi connectivity index (χ0n) is 33.6. The van der Waals surface area contributed by atoms with E-state index in [0.29, 0.717) is 0 Å². The highest BCUT2D eigenvalue weighted by Crippen LogP contribution is 2.47. The minimum absolute atomic E-state index is 0.941. The zero-order valence-corrected chi connectivity index (χ0v) is 34.4. The molecule has 2 heterocycles. The van der Waals surface area contributed by atoms with Gasteiger partial charge >= 0.3 is 0 Å². The summed E-state index contributed by atoms with van der Waals surface area (Å²) in [5.41, 5.74) is 14.6. The maximum atomic E-state index is 6.83. The summed E-state index contributed by atoms with van der Waals surface area (Å²) < 4.78 is 9.49. The summed E-state index contributed by atoms with van der Waals surface area (Å²) in [5.74, 6) is 0. The third kappa shape index (κ3) is 5.31. The first kappa shape index (κ1) is 35.0. The van der Waals surface area contributed by atoms with Gasteiger partial charge in [-0.05, 0) is 132 Å². The molecule has 0 saturated carbocycles. The molecule has 12 aromatic rings. The van der Waals surface area contributed by atoms with Gasteiger partial charge in [-0.15, -0.1) is 11.3 Å². The van der Waals surface area contributed by atoms with Crippen molar-refractivity contribution in [1.29, 1.82) is 0 Å². The molecule has 0 N–H and O–H groups in total. The molecule has 0 unspecified atom stereocenters. The number of rotatable bonds is 6. The van der Waals surface area contributed by atoms with Crippen LogP contribution >= 0.6 is 11.3 Å². The van der Waals surface area contributed by atoms with Crippen molar-refractivity contribution >= 4 is 85.8 Å². The first-order valence-corrected chi connectivity index (χ1v) is 21.9. The van der Waals surface area contributed by atoms with Gasteiger partial charge in [0.15, 0.2) is 0 Å². The van der Waals surface area contributed by atoms with Gasteiger partial charge in [-0.1, -0.05) is 159 Å². The van der Waals surface area contributed by atoms with Crippen molar-refractivity contribution in [3.05, 3.63) is 193 Å². The number of thiophene rings is 1. The van der Waals surface area contributed by atoms with Gasteiger partial charge in [-0.2, -0.15) is 0 Å². The van der Waals surface area contributed by atoms with Crippen LogP contribution in [0.4, 0.5) is 0 Å². The van der Waals surface area contributed by atoms with Crippen LogP contribution in [0.2, 0.25) is 0 Å². The van der Waals surface area contributed by atoms with Crippen molar-refractivity contribution in [3.8, 4) is 44.5 Å². The highest BCUT2D eigenvalue weighted by atomic mass is 32.1. The van der Waals surface area contributed by atoms with E-state index < -0.39 is 0 Å². The highest BCUT2D eigenvalue weighted by Gasteiger charge is 2.21. The first-order valence-electron chi connectivity index (χ1n) is 21.1. The summed E-state index contributed by atoms with van der Waals surface area (Å²) in [6, 6.07) is 67.5. The Hall–Kier alpha value is -7.00. The van der Waals surface area contributed by atoms with Crippen LogP contribution in [0, 0.1) is 0 Å². The normalized spacial score (nSPS) is 12.0. The lowest BCUT2D eigenvalue weighted by molar-refractivity contribution is 0.672. The Morgan fingerprint density at radius 3 is 1.68 bits per heavy atom. The van der Waals surface area contributed by atoms with Gasteiger partial charge in [0.25, 0.3) is 0 Å². The second kappa shape index (κ2) is 13.8. The molecule has 0 aliphatic heterocycles. The van der Waals surface area contributed by atoms with E-state index in [1.54, 1.807) is 0 Å². The molecule has 284 valence electrons. The van der Waals surface area contributed by atoms with Gasteiger partial charge in [0.05, 0.1) is 0 Å². The summed E-state index contributed by atoms with van der Waals surface area (Å²) >= 11 is 1.87. The van der Waals surface area contributed by atoms with Crippen LogP contribution in [-0.2, 0) is 12.8 Å². The van der Waals surface area contributed by atoms with Crippen LogP contribution in [-0.4, -0.2) is 0 Å². The van der Waals surface area contributed by atoms with Gasteiger partial charge in [0.2, 0.25) is 0 Å². The van der Waals surface area contributed by atoms with Gasteiger partial charge in [-0.25, -0.2) is 0 Å². The lowest BCUT2D eigenvalue weighted by atomic mass is 9.85. The molecule has 0 spiro atoms. The second-order valence-corrected chi connectivity index (χ2v) is 17.1. The number of benzene rings is 10. The highest BCUT2D eigenvalue weighted by molar-refractivity contribution is 7.25. The zero-order chi connectivity index (χ0) is 39.9. The molecule has 0 fully saturated rings. The van der Waals surface area contributed by atoms with Crippen molar-refractivity contribution in [1.82, 2.24) is 0 Å². The number of hydrogen-bond donors (Lipinski definition) is 0. The molecule has 0 aliphatic carbocycles. The molecular formula is C58H40OS. The van der Waals surface area contributed by atoms with Crippen molar-refractivity contribution in [2.45, 2.75) is 26.7 Å². The Morgan fingerprint density at radius 2 is 0.950 bits per heavy atom. The molecule has 10 aromatic carbocycles. The fraction of sp³-hybridized carbons (Fsp3) is 0.0690. The third-order valence-electron chi connectivity index (χ3n) is 12.9. The average molecular weight is 785 g/mol. The number of aryl methyl sites for hydroxylation is 2. The summed E-state index contributed by atoms with van der Waals surface area (Å²) in [5, 5.41) is 12.4. The molecule has 0 amide bonds. The van der Waals surface area contributed by atoms with Crippen molar-refractivity contribution < 1.29 is 4.42 Å². The van der Waals surface area contributed by atoms with Crippen molar-refractivity contribution in [2.75, 3.05) is 0 Å². The molecule has 2 heteroatoms. The minimum atomic E-state index is 0.941. The van der Waals surface area contributed by atoms with Crippen LogP contribution in [0.15, 0.2) is 186 Å². The molecule has 2 aromatic heterocycles. The van der Waals surface area contributed by atoms with E-state index in [4.69, 9.17) is 4.42 Å². The topological polar surface area (TPSA) is 13.1 Å². The maximum Gasteiger partial charge on any atom is 0.143 e. The largest absolute Gasteiger partial charge is 0.455 e. The molecule has 0 radical (unpaired) electrons. The predicted octanol–water partition coefficient (Wildman–Crippen LogP) is 17.2. The van der Waals surface area contributed by atoms with Crippen LogP contribution < -0.4 is 0 Å². The summed E-state index contributed by atoms with van der Waals surface area (Å²) in [7, 11) is 0. The summed E-state index contributed by atoms with van der Waals surface area (Å²) in [6.45, 7) is 4.50. The molecule has 0 saturated heterocycles. The lowest BCUT2D eigenvalue weighted by Gasteiger charge is -2.18. The van der Waals surface area contributed by atoms with Gasteiger partial charge in [0.1, 0.15) is 11.2 Å². The molecule has 12 rings (SSSR count). The fourth-order valence-electron chi connectivity index (χ4n) is 10.0. The number of hydrogen-bond acceptors (Lipinski definition) is 2. The van der Waals surface area contributed by atoms with E-state index in [2.05, 4.69) is 196 Å². The molecule has 60 heavy (non-hydrogen) atoms. The number of furan rings is 1. The lowest BCUT2D eigenvalue weighted by Crippen LogP contribution is -1.93. The second-order valence-electron chi connectivity index (χ2n) is 16.0.